The van der Waals surface area contributed by atoms with Crippen LogP contribution in [0.15, 0.2) is 104 Å². The number of hydrogen-bond donors (Lipinski definition) is 0. The van der Waals surface area contributed by atoms with E-state index >= 15 is 0 Å². The van der Waals surface area contributed by atoms with Crippen molar-refractivity contribution < 1.29 is 32.7 Å². The molecule has 168 valence electrons. The number of esters is 2. The Morgan fingerprint density at radius 2 is 1.06 bits per heavy atom. The first-order valence-electron chi connectivity index (χ1n) is 9.81. The highest BCUT2D eigenvalue weighted by Gasteiger charge is 2.31. The van der Waals surface area contributed by atoms with Crippen molar-refractivity contribution in [3.63, 3.8) is 0 Å². The van der Waals surface area contributed by atoms with E-state index in [1.165, 1.54) is 24.3 Å². The molecule has 0 fully saturated rings. The zero-order valence-corrected chi connectivity index (χ0v) is 18.5. The third kappa shape index (κ3) is 6.69. The van der Waals surface area contributed by atoms with Crippen LogP contribution in [0.4, 0.5) is 0 Å². The van der Waals surface area contributed by atoms with Crippen LogP contribution >= 0.6 is 7.60 Å². The van der Waals surface area contributed by atoms with Gasteiger partial charge in [0.2, 0.25) is 0 Å². The smallest absolute Gasteiger partial charge is 0.419 e. The number of rotatable bonds is 10. The van der Waals surface area contributed by atoms with E-state index in [0.717, 1.165) is 12.2 Å². The van der Waals surface area contributed by atoms with Crippen molar-refractivity contribution in [1.82, 2.24) is 0 Å². The Kier molecular flexibility index (Phi) is 7.84. The molecule has 0 atom stereocenters. The van der Waals surface area contributed by atoms with Gasteiger partial charge < -0.3 is 18.5 Å². The van der Waals surface area contributed by atoms with E-state index in [1.54, 1.807) is 48.5 Å². The van der Waals surface area contributed by atoms with E-state index in [1.807, 2.05) is 6.07 Å². The first-order valence-corrected chi connectivity index (χ1v) is 11.5. The molecule has 0 aliphatic carbocycles. The van der Waals surface area contributed by atoms with Crippen LogP contribution in [0.3, 0.4) is 0 Å². The molecule has 0 bridgehead atoms. The van der Waals surface area contributed by atoms with E-state index in [9.17, 15) is 14.2 Å². The lowest BCUT2D eigenvalue weighted by atomic mass is 10.2. The molecule has 0 amide bonds. The minimum Gasteiger partial charge on any atom is -0.419 e. The molecule has 0 saturated heterocycles. The zero-order valence-electron chi connectivity index (χ0n) is 17.6. The number of benzene rings is 3. The molecule has 0 spiro atoms. The highest BCUT2D eigenvalue weighted by atomic mass is 31.2. The Morgan fingerprint density at radius 3 is 1.48 bits per heavy atom. The highest BCUT2D eigenvalue weighted by molar-refractivity contribution is 7.53. The lowest BCUT2D eigenvalue weighted by Gasteiger charge is -2.22. The molecule has 3 aromatic rings. The minimum atomic E-state index is -3.98. The van der Waals surface area contributed by atoms with Crippen LogP contribution < -0.4 is 18.5 Å². The second kappa shape index (κ2) is 11.0. The fourth-order valence-corrected chi connectivity index (χ4v) is 4.44. The van der Waals surface area contributed by atoms with Crippen molar-refractivity contribution in [1.29, 1.82) is 0 Å². The SMILES string of the molecule is C=CC(=O)Oc1ccccc1OP(=O)(Cc1ccccc1)Oc1ccccc1OC(=O)C=C. The predicted molar refractivity (Wildman–Crippen MR) is 124 cm³/mol. The average Bonchev–Trinajstić information content (AvgIpc) is 2.82. The van der Waals surface area contributed by atoms with Crippen LogP contribution in [0, 0.1) is 0 Å². The third-order valence-electron chi connectivity index (χ3n) is 4.15. The summed E-state index contributed by atoms with van der Waals surface area (Å²) < 4.78 is 36.0. The molecule has 3 rings (SSSR count). The Balaban J connectivity index is 1.98. The van der Waals surface area contributed by atoms with Crippen molar-refractivity contribution in [3.8, 4) is 23.0 Å². The van der Waals surface area contributed by atoms with Crippen molar-refractivity contribution in [2.45, 2.75) is 6.16 Å². The van der Waals surface area contributed by atoms with Gasteiger partial charge in [-0.1, -0.05) is 67.8 Å². The van der Waals surface area contributed by atoms with Gasteiger partial charge in [0.25, 0.3) is 0 Å². The average molecular weight is 464 g/mol. The van der Waals surface area contributed by atoms with Crippen LogP contribution in [0.2, 0.25) is 0 Å². The van der Waals surface area contributed by atoms with Crippen LogP contribution in [0.25, 0.3) is 0 Å². The summed E-state index contributed by atoms with van der Waals surface area (Å²) in [4.78, 5) is 23.4. The topological polar surface area (TPSA) is 88.1 Å². The van der Waals surface area contributed by atoms with Gasteiger partial charge in [0.05, 0.1) is 6.16 Å². The summed E-state index contributed by atoms with van der Waals surface area (Å²) in [5.41, 5.74) is 0.682. The van der Waals surface area contributed by atoms with Gasteiger partial charge in [-0.25, -0.2) is 14.2 Å². The lowest BCUT2D eigenvalue weighted by molar-refractivity contribution is -0.129. The van der Waals surface area contributed by atoms with E-state index < -0.39 is 19.5 Å². The van der Waals surface area contributed by atoms with Gasteiger partial charge in [0.1, 0.15) is 0 Å². The van der Waals surface area contributed by atoms with E-state index in [-0.39, 0.29) is 29.2 Å². The Morgan fingerprint density at radius 1 is 0.667 bits per heavy atom. The standard InChI is InChI=1S/C25H21O7P/c1-3-24(26)29-20-14-8-10-16-22(20)31-33(28,18-19-12-6-5-7-13-19)32-23-17-11-9-15-21(23)30-25(27)4-2/h3-17H,1-2,18H2. The first kappa shape index (κ1) is 23.6. The van der Waals surface area contributed by atoms with Gasteiger partial charge in [-0.15, -0.1) is 0 Å². The molecule has 0 aliphatic rings. The van der Waals surface area contributed by atoms with Crippen molar-refractivity contribution in [2.24, 2.45) is 0 Å². The largest absolute Gasteiger partial charge is 0.435 e. The fraction of sp³-hybridized carbons (Fsp3) is 0.0400. The maximum Gasteiger partial charge on any atom is 0.435 e. The summed E-state index contributed by atoms with van der Waals surface area (Å²) in [6.45, 7) is 6.74. The second-order valence-corrected chi connectivity index (χ2v) is 8.48. The third-order valence-corrected chi connectivity index (χ3v) is 5.85. The highest BCUT2D eigenvalue weighted by Crippen LogP contribution is 2.54. The van der Waals surface area contributed by atoms with Crippen LogP contribution in [0.5, 0.6) is 23.0 Å². The molecule has 8 heteroatoms. The molecule has 0 radical (unpaired) electrons. The van der Waals surface area contributed by atoms with E-state index in [2.05, 4.69) is 13.2 Å². The van der Waals surface area contributed by atoms with Gasteiger partial charge >= 0.3 is 19.5 Å². The maximum atomic E-state index is 14.0. The summed E-state index contributed by atoms with van der Waals surface area (Å²) >= 11 is 0. The summed E-state index contributed by atoms with van der Waals surface area (Å²) in [6, 6.07) is 21.4. The normalized spacial score (nSPS) is 10.5. The molecule has 33 heavy (non-hydrogen) atoms. The van der Waals surface area contributed by atoms with Gasteiger partial charge in [0, 0.05) is 12.2 Å². The molecule has 0 unspecified atom stereocenters. The molecular weight excluding hydrogens is 443 g/mol. The van der Waals surface area contributed by atoms with E-state index in [0.29, 0.717) is 5.56 Å². The van der Waals surface area contributed by atoms with Gasteiger partial charge in [-0.2, -0.15) is 0 Å². The van der Waals surface area contributed by atoms with Gasteiger partial charge in [0.15, 0.2) is 23.0 Å². The number of ether oxygens (including phenoxy) is 2. The van der Waals surface area contributed by atoms with Crippen molar-refractivity contribution in [3.05, 3.63) is 110 Å². The number of carbonyl (C=O) groups excluding carboxylic acids is 2. The zero-order chi connectivity index (χ0) is 23.7. The molecule has 0 aromatic heterocycles. The van der Waals surface area contributed by atoms with Gasteiger partial charge in [-0.05, 0) is 29.8 Å². The molecule has 0 N–H and O–H groups in total. The van der Waals surface area contributed by atoms with Crippen molar-refractivity contribution >= 4 is 19.5 Å². The number of para-hydroxylation sites is 4. The lowest BCUT2D eigenvalue weighted by Crippen LogP contribution is -2.09. The number of carbonyl (C=O) groups is 2. The molecule has 0 heterocycles. The second-order valence-electron chi connectivity index (χ2n) is 6.58. The number of hydrogen-bond acceptors (Lipinski definition) is 7. The summed E-state index contributed by atoms with van der Waals surface area (Å²) in [7, 11) is -3.98. The Labute approximate surface area is 191 Å². The molecule has 0 saturated carbocycles. The first-order chi connectivity index (χ1) is 15.9. The van der Waals surface area contributed by atoms with Crippen LogP contribution in [-0.4, -0.2) is 11.9 Å². The van der Waals surface area contributed by atoms with E-state index in [4.69, 9.17) is 18.5 Å². The maximum absolute atomic E-state index is 14.0. The monoisotopic (exact) mass is 464 g/mol. The fourth-order valence-electron chi connectivity index (χ4n) is 2.71. The molecular formula is C25H21O7P. The van der Waals surface area contributed by atoms with Crippen LogP contribution in [0.1, 0.15) is 5.56 Å². The predicted octanol–water partition coefficient (Wildman–Crippen LogP) is 5.72. The quantitative estimate of drug-likeness (QED) is 0.164. The summed E-state index contributed by atoms with van der Waals surface area (Å²) in [5, 5.41) is 0. The van der Waals surface area contributed by atoms with Gasteiger partial charge in [-0.3, -0.25) is 0 Å². The molecule has 7 nitrogen and oxygen atoms in total. The van der Waals surface area contributed by atoms with Crippen molar-refractivity contribution in [2.75, 3.05) is 0 Å². The minimum absolute atomic E-state index is 0.0348. The summed E-state index contributed by atoms with van der Waals surface area (Å²) in [5.74, 6) is -1.24. The summed E-state index contributed by atoms with van der Waals surface area (Å²) in [6.07, 6.45) is 1.89. The molecule has 0 aliphatic heterocycles. The van der Waals surface area contributed by atoms with Crippen LogP contribution in [-0.2, 0) is 20.3 Å². The molecule has 3 aromatic carbocycles. The Hall–Kier alpha value is -4.09. The Bertz CT molecular complexity index is 1130.